The minimum absolute atomic E-state index is 0.0114. The van der Waals surface area contributed by atoms with Crippen molar-refractivity contribution in [2.24, 2.45) is 5.73 Å². The first-order chi connectivity index (χ1) is 10.0. The normalized spacial score (nSPS) is 17.1. The van der Waals surface area contributed by atoms with Gasteiger partial charge in [0.15, 0.2) is 0 Å². The fraction of sp³-hybridized carbons (Fsp3) is 0.429. The quantitative estimate of drug-likeness (QED) is 0.614. The minimum Gasteiger partial charge on any atom is -0.491 e. The van der Waals surface area contributed by atoms with Crippen LogP contribution < -0.4 is 15.8 Å². The van der Waals surface area contributed by atoms with Gasteiger partial charge in [0.05, 0.1) is 6.54 Å². The second kappa shape index (κ2) is 7.35. The van der Waals surface area contributed by atoms with E-state index in [2.05, 4.69) is 5.32 Å². The van der Waals surface area contributed by atoms with Crippen molar-refractivity contribution in [3.63, 3.8) is 0 Å². The molecule has 0 aromatic heterocycles. The molecule has 21 heavy (non-hydrogen) atoms. The SMILES string of the molecule is NC(=S)c1ccc(OCC(O)CN2CCNC(=O)C2)cc1. The monoisotopic (exact) mass is 309 g/mol. The van der Waals surface area contributed by atoms with E-state index in [1.807, 2.05) is 4.90 Å². The van der Waals surface area contributed by atoms with Crippen LogP contribution in [0.15, 0.2) is 24.3 Å². The topological polar surface area (TPSA) is 87.8 Å². The van der Waals surface area contributed by atoms with Gasteiger partial charge in [0.1, 0.15) is 23.4 Å². The summed E-state index contributed by atoms with van der Waals surface area (Å²) in [5, 5.41) is 12.7. The van der Waals surface area contributed by atoms with Crippen LogP contribution in [-0.2, 0) is 4.79 Å². The number of thiocarbonyl (C=S) groups is 1. The second-order valence-corrected chi connectivity index (χ2v) is 5.38. The van der Waals surface area contributed by atoms with E-state index in [9.17, 15) is 9.90 Å². The third-order valence-corrected chi connectivity index (χ3v) is 3.40. The van der Waals surface area contributed by atoms with Gasteiger partial charge in [-0.15, -0.1) is 0 Å². The summed E-state index contributed by atoms with van der Waals surface area (Å²) in [4.78, 5) is 13.5. The van der Waals surface area contributed by atoms with Crippen molar-refractivity contribution in [1.82, 2.24) is 10.2 Å². The summed E-state index contributed by atoms with van der Waals surface area (Å²) in [5.41, 5.74) is 6.29. The van der Waals surface area contributed by atoms with Crippen molar-refractivity contribution in [3.8, 4) is 5.75 Å². The number of hydrogen-bond donors (Lipinski definition) is 3. The smallest absolute Gasteiger partial charge is 0.234 e. The Labute approximate surface area is 128 Å². The van der Waals surface area contributed by atoms with Crippen molar-refractivity contribution in [2.75, 3.05) is 32.8 Å². The van der Waals surface area contributed by atoms with Gasteiger partial charge in [0.2, 0.25) is 5.91 Å². The van der Waals surface area contributed by atoms with Gasteiger partial charge in [-0.3, -0.25) is 9.69 Å². The first kappa shape index (κ1) is 15.7. The van der Waals surface area contributed by atoms with E-state index in [0.29, 0.717) is 30.4 Å². The number of rotatable bonds is 6. The van der Waals surface area contributed by atoms with Crippen molar-refractivity contribution in [2.45, 2.75) is 6.10 Å². The van der Waals surface area contributed by atoms with Gasteiger partial charge < -0.3 is 20.9 Å². The Bertz CT molecular complexity index is 507. The number of β-amino-alcohol motifs (C(OH)–C–C–N with tert-alkyl or cyclic N) is 1. The molecule has 7 heteroatoms. The molecule has 1 atom stereocenters. The summed E-state index contributed by atoms with van der Waals surface area (Å²) in [7, 11) is 0. The molecule has 0 spiro atoms. The summed E-state index contributed by atoms with van der Waals surface area (Å²) in [6.07, 6.45) is -0.647. The molecular weight excluding hydrogens is 290 g/mol. The molecule has 1 heterocycles. The zero-order valence-corrected chi connectivity index (χ0v) is 12.4. The lowest BCUT2D eigenvalue weighted by molar-refractivity contribution is -0.124. The summed E-state index contributed by atoms with van der Waals surface area (Å²) >= 11 is 4.87. The van der Waals surface area contributed by atoms with Crippen LogP contribution in [0.5, 0.6) is 5.75 Å². The number of piperazine rings is 1. The zero-order valence-electron chi connectivity index (χ0n) is 11.6. The highest BCUT2D eigenvalue weighted by Gasteiger charge is 2.19. The highest BCUT2D eigenvalue weighted by atomic mass is 32.1. The molecule has 1 unspecified atom stereocenters. The molecule has 0 aliphatic carbocycles. The van der Waals surface area contributed by atoms with Crippen LogP contribution in [0.1, 0.15) is 5.56 Å². The van der Waals surface area contributed by atoms with Crippen LogP contribution in [0.25, 0.3) is 0 Å². The number of aliphatic hydroxyl groups excluding tert-OH is 1. The summed E-state index contributed by atoms with van der Waals surface area (Å²) in [6, 6.07) is 7.07. The predicted molar refractivity (Wildman–Crippen MR) is 83.3 cm³/mol. The van der Waals surface area contributed by atoms with Crippen molar-refractivity contribution in [3.05, 3.63) is 29.8 Å². The number of amides is 1. The second-order valence-electron chi connectivity index (χ2n) is 4.94. The molecule has 1 aromatic rings. The maximum Gasteiger partial charge on any atom is 0.234 e. The number of carbonyl (C=O) groups excluding carboxylic acids is 1. The van der Waals surface area contributed by atoms with Gasteiger partial charge in [-0.2, -0.15) is 0 Å². The molecule has 6 nitrogen and oxygen atoms in total. The van der Waals surface area contributed by atoms with Gasteiger partial charge in [0.25, 0.3) is 0 Å². The van der Waals surface area contributed by atoms with E-state index < -0.39 is 6.10 Å². The van der Waals surface area contributed by atoms with Crippen LogP contribution in [-0.4, -0.2) is 59.8 Å². The Hall–Kier alpha value is -1.70. The number of benzene rings is 1. The molecule has 0 saturated carbocycles. The van der Waals surface area contributed by atoms with Gasteiger partial charge in [-0.1, -0.05) is 12.2 Å². The lowest BCUT2D eigenvalue weighted by atomic mass is 10.2. The molecule has 0 bridgehead atoms. The van der Waals surface area contributed by atoms with Crippen molar-refractivity contribution in [1.29, 1.82) is 0 Å². The zero-order chi connectivity index (χ0) is 15.2. The fourth-order valence-corrected chi connectivity index (χ4v) is 2.24. The minimum atomic E-state index is -0.647. The van der Waals surface area contributed by atoms with E-state index in [-0.39, 0.29) is 12.5 Å². The van der Waals surface area contributed by atoms with Crippen molar-refractivity contribution >= 4 is 23.1 Å². The van der Waals surface area contributed by atoms with E-state index >= 15 is 0 Å². The van der Waals surface area contributed by atoms with E-state index in [4.69, 9.17) is 22.7 Å². The number of nitrogens with zero attached hydrogens (tertiary/aromatic N) is 1. The molecule has 1 aromatic carbocycles. The molecule has 2 rings (SSSR count). The van der Waals surface area contributed by atoms with E-state index in [1.165, 1.54) is 0 Å². The number of nitrogens with two attached hydrogens (primary N) is 1. The molecule has 114 valence electrons. The average molecular weight is 309 g/mol. The number of nitrogens with one attached hydrogen (secondary N) is 1. The van der Waals surface area contributed by atoms with E-state index in [0.717, 1.165) is 12.1 Å². The first-order valence-corrected chi connectivity index (χ1v) is 7.15. The summed E-state index contributed by atoms with van der Waals surface area (Å²) < 4.78 is 5.51. The van der Waals surface area contributed by atoms with Crippen molar-refractivity contribution < 1.29 is 14.6 Å². The lowest BCUT2D eigenvalue weighted by Crippen LogP contribution is -2.50. The summed E-state index contributed by atoms with van der Waals surface area (Å²) in [6.45, 7) is 2.26. The largest absolute Gasteiger partial charge is 0.491 e. The Morgan fingerprint density at radius 1 is 1.48 bits per heavy atom. The Morgan fingerprint density at radius 2 is 2.19 bits per heavy atom. The molecule has 1 aliphatic heterocycles. The molecule has 1 saturated heterocycles. The number of carbonyl (C=O) groups is 1. The third kappa shape index (κ3) is 4.96. The number of aliphatic hydroxyl groups is 1. The summed E-state index contributed by atoms with van der Waals surface area (Å²) in [5.74, 6) is 0.633. The van der Waals surface area contributed by atoms with Gasteiger partial charge >= 0.3 is 0 Å². The lowest BCUT2D eigenvalue weighted by Gasteiger charge is -2.28. The predicted octanol–water partition coefficient (Wildman–Crippen LogP) is -0.508. The molecule has 1 aliphatic rings. The Balaban J connectivity index is 1.76. The molecular formula is C14H19N3O3S. The molecule has 0 radical (unpaired) electrons. The Kier molecular flexibility index (Phi) is 5.49. The van der Waals surface area contributed by atoms with Crippen LogP contribution >= 0.6 is 12.2 Å². The van der Waals surface area contributed by atoms with Gasteiger partial charge in [-0.25, -0.2) is 0 Å². The average Bonchev–Trinajstić information content (AvgIpc) is 2.45. The molecule has 1 amide bonds. The maximum atomic E-state index is 11.2. The standard InChI is InChI=1S/C14H19N3O3S/c15-14(21)10-1-3-12(4-2-10)20-9-11(18)7-17-6-5-16-13(19)8-17/h1-4,11,18H,5-9H2,(H2,15,21)(H,16,19). The van der Waals surface area contributed by atoms with Crippen LogP contribution in [0.2, 0.25) is 0 Å². The van der Waals surface area contributed by atoms with Crippen LogP contribution in [0.4, 0.5) is 0 Å². The highest BCUT2D eigenvalue weighted by Crippen LogP contribution is 2.12. The van der Waals surface area contributed by atoms with Gasteiger partial charge in [-0.05, 0) is 24.3 Å². The first-order valence-electron chi connectivity index (χ1n) is 6.74. The fourth-order valence-electron chi connectivity index (χ4n) is 2.11. The van der Waals surface area contributed by atoms with Crippen LogP contribution in [0, 0.1) is 0 Å². The number of hydrogen-bond acceptors (Lipinski definition) is 5. The van der Waals surface area contributed by atoms with Gasteiger partial charge in [0, 0.05) is 25.2 Å². The molecule has 1 fully saturated rings. The van der Waals surface area contributed by atoms with Crippen LogP contribution in [0.3, 0.4) is 0 Å². The Morgan fingerprint density at radius 3 is 2.81 bits per heavy atom. The number of ether oxygens (including phenoxy) is 1. The highest BCUT2D eigenvalue weighted by molar-refractivity contribution is 7.80. The molecule has 4 N–H and O–H groups in total. The van der Waals surface area contributed by atoms with E-state index in [1.54, 1.807) is 24.3 Å². The third-order valence-electron chi connectivity index (χ3n) is 3.17. The maximum absolute atomic E-state index is 11.2.